The SMILES string of the molecule is CC(C)(CON)c1csc(C2CC2)n1. The number of rotatable bonds is 4. The average Bonchev–Trinajstić information content (AvgIpc) is 2.83. The zero-order valence-electron chi connectivity index (χ0n) is 8.62. The van der Waals surface area contributed by atoms with Crippen LogP contribution in [0.25, 0.3) is 0 Å². The molecule has 1 aliphatic carbocycles. The van der Waals surface area contributed by atoms with Crippen LogP contribution in [0.15, 0.2) is 5.38 Å². The second-order valence-corrected chi connectivity index (χ2v) is 5.43. The quantitative estimate of drug-likeness (QED) is 0.778. The van der Waals surface area contributed by atoms with E-state index in [-0.39, 0.29) is 5.41 Å². The first-order valence-corrected chi connectivity index (χ1v) is 5.79. The molecular formula is C10H16N2OS. The van der Waals surface area contributed by atoms with Crippen molar-refractivity contribution in [2.75, 3.05) is 6.61 Å². The molecule has 2 rings (SSSR count). The number of nitrogens with zero attached hydrogens (tertiary/aromatic N) is 1. The molecule has 1 aliphatic rings. The molecule has 1 aromatic heterocycles. The molecule has 4 heteroatoms. The number of aromatic nitrogens is 1. The minimum atomic E-state index is -0.0710. The van der Waals surface area contributed by atoms with Crippen molar-refractivity contribution >= 4 is 11.3 Å². The molecule has 0 unspecified atom stereocenters. The van der Waals surface area contributed by atoms with Gasteiger partial charge in [0.2, 0.25) is 0 Å². The van der Waals surface area contributed by atoms with E-state index in [0.717, 1.165) is 11.6 Å². The molecule has 2 N–H and O–H groups in total. The monoisotopic (exact) mass is 212 g/mol. The van der Waals surface area contributed by atoms with Crippen LogP contribution in [-0.4, -0.2) is 11.6 Å². The van der Waals surface area contributed by atoms with Gasteiger partial charge in [-0.25, -0.2) is 10.9 Å². The Morgan fingerprint density at radius 1 is 1.64 bits per heavy atom. The van der Waals surface area contributed by atoms with Crippen LogP contribution < -0.4 is 5.90 Å². The Labute approximate surface area is 88.2 Å². The lowest BCUT2D eigenvalue weighted by atomic mass is 9.91. The molecule has 1 aromatic rings. The number of hydrogen-bond acceptors (Lipinski definition) is 4. The molecule has 1 fully saturated rings. The van der Waals surface area contributed by atoms with Gasteiger partial charge in [0.1, 0.15) is 0 Å². The first-order chi connectivity index (χ1) is 6.63. The third-order valence-corrected chi connectivity index (χ3v) is 3.59. The predicted octanol–water partition coefficient (Wildman–Crippen LogP) is 2.19. The van der Waals surface area contributed by atoms with Gasteiger partial charge in [-0.3, -0.25) is 0 Å². The first-order valence-electron chi connectivity index (χ1n) is 4.91. The topological polar surface area (TPSA) is 48.1 Å². The molecule has 78 valence electrons. The van der Waals surface area contributed by atoms with Gasteiger partial charge < -0.3 is 4.84 Å². The van der Waals surface area contributed by atoms with Crippen LogP contribution in [0.5, 0.6) is 0 Å². The van der Waals surface area contributed by atoms with Gasteiger partial charge in [-0.1, -0.05) is 13.8 Å². The molecular weight excluding hydrogens is 196 g/mol. The summed E-state index contributed by atoms with van der Waals surface area (Å²) in [6.45, 7) is 4.72. The van der Waals surface area contributed by atoms with Crippen LogP contribution in [0.1, 0.15) is 43.3 Å². The van der Waals surface area contributed by atoms with E-state index in [4.69, 9.17) is 10.7 Å². The predicted molar refractivity (Wildman–Crippen MR) is 57.3 cm³/mol. The van der Waals surface area contributed by atoms with Gasteiger partial charge in [-0.15, -0.1) is 11.3 Å². The van der Waals surface area contributed by atoms with Crippen LogP contribution in [0, 0.1) is 0 Å². The average molecular weight is 212 g/mol. The Bertz CT molecular complexity index is 318. The highest BCUT2D eigenvalue weighted by atomic mass is 32.1. The fourth-order valence-corrected chi connectivity index (χ4v) is 2.58. The largest absolute Gasteiger partial charge is 0.304 e. The molecule has 0 aromatic carbocycles. The lowest BCUT2D eigenvalue weighted by Crippen LogP contribution is -2.26. The number of thiazole rings is 1. The lowest BCUT2D eigenvalue weighted by molar-refractivity contribution is 0.0951. The van der Waals surface area contributed by atoms with Crippen molar-refractivity contribution < 1.29 is 4.84 Å². The van der Waals surface area contributed by atoms with Crippen molar-refractivity contribution in [2.24, 2.45) is 5.90 Å². The third kappa shape index (κ3) is 1.97. The van der Waals surface area contributed by atoms with Gasteiger partial charge in [0, 0.05) is 16.7 Å². The smallest absolute Gasteiger partial charge is 0.0959 e. The summed E-state index contributed by atoms with van der Waals surface area (Å²) in [5, 5.41) is 3.41. The number of hydrogen-bond donors (Lipinski definition) is 1. The van der Waals surface area contributed by atoms with E-state index in [0.29, 0.717) is 6.61 Å². The summed E-state index contributed by atoms with van der Waals surface area (Å²) in [4.78, 5) is 9.36. The normalized spacial score (nSPS) is 17.4. The highest BCUT2D eigenvalue weighted by Gasteiger charge is 2.30. The fourth-order valence-electron chi connectivity index (χ4n) is 1.40. The molecule has 0 radical (unpaired) electrons. The lowest BCUT2D eigenvalue weighted by Gasteiger charge is -2.20. The Hall–Kier alpha value is -0.450. The van der Waals surface area contributed by atoms with E-state index in [2.05, 4.69) is 24.2 Å². The second kappa shape index (κ2) is 3.61. The van der Waals surface area contributed by atoms with E-state index in [1.54, 1.807) is 11.3 Å². The van der Waals surface area contributed by atoms with Gasteiger partial charge >= 0.3 is 0 Å². The fraction of sp³-hybridized carbons (Fsp3) is 0.700. The molecule has 3 nitrogen and oxygen atoms in total. The molecule has 0 amide bonds. The maximum Gasteiger partial charge on any atom is 0.0959 e. The Balaban J connectivity index is 2.14. The van der Waals surface area contributed by atoms with Crippen LogP contribution in [0.4, 0.5) is 0 Å². The van der Waals surface area contributed by atoms with Crippen molar-refractivity contribution in [1.82, 2.24) is 4.98 Å². The van der Waals surface area contributed by atoms with E-state index < -0.39 is 0 Å². The minimum absolute atomic E-state index is 0.0710. The molecule has 0 bridgehead atoms. The summed E-state index contributed by atoms with van der Waals surface area (Å²) in [6.07, 6.45) is 2.61. The maximum absolute atomic E-state index is 5.11. The molecule has 1 heterocycles. The summed E-state index contributed by atoms with van der Waals surface area (Å²) in [7, 11) is 0. The molecule has 0 saturated heterocycles. The number of nitrogens with two attached hydrogens (primary N) is 1. The third-order valence-electron chi connectivity index (χ3n) is 2.59. The summed E-state index contributed by atoms with van der Waals surface area (Å²) < 4.78 is 0. The zero-order valence-corrected chi connectivity index (χ0v) is 9.43. The van der Waals surface area contributed by atoms with Gasteiger partial charge in [0.15, 0.2) is 0 Å². The zero-order chi connectivity index (χ0) is 10.2. The van der Waals surface area contributed by atoms with E-state index in [9.17, 15) is 0 Å². The van der Waals surface area contributed by atoms with Crippen LogP contribution in [0.3, 0.4) is 0 Å². The van der Waals surface area contributed by atoms with Crippen LogP contribution >= 0.6 is 11.3 Å². The van der Waals surface area contributed by atoms with Crippen molar-refractivity contribution in [1.29, 1.82) is 0 Å². The summed E-state index contributed by atoms with van der Waals surface area (Å²) in [6, 6.07) is 0. The minimum Gasteiger partial charge on any atom is -0.304 e. The molecule has 0 aliphatic heterocycles. The van der Waals surface area contributed by atoms with Crippen molar-refractivity contribution in [3.8, 4) is 0 Å². The van der Waals surface area contributed by atoms with Crippen molar-refractivity contribution in [3.63, 3.8) is 0 Å². The highest BCUT2D eigenvalue weighted by molar-refractivity contribution is 7.09. The van der Waals surface area contributed by atoms with E-state index >= 15 is 0 Å². The molecule has 1 saturated carbocycles. The van der Waals surface area contributed by atoms with Crippen molar-refractivity contribution in [2.45, 2.75) is 38.0 Å². The Morgan fingerprint density at radius 3 is 2.93 bits per heavy atom. The van der Waals surface area contributed by atoms with Gasteiger partial charge in [-0.2, -0.15) is 0 Å². The molecule has 0 atom stereocenters. The van der Waals surface area contributed by atoms with Crippen molar-refractivity contribution in [3.05, 3.63) is 16.1 Å². The highest BCUT2D eigenvalue weighted by Crippen LogP contribution is 2.42. The Kier molecular flexibility index (Phi) is 2.60. The van der Waals surface area contributed by atoms with Gasteiger partial charge in [-0.05, 0) is 12.8 Å². The second-order valence-electron chi connectivity index (χ2n) is 4.54. The standard InChI is InChI=1S/C10H16N2OS/c1-10(2,6-13-11)8-5-14-9(12-8)7-3-4-7/h5,7H,3-4,6,11H2,1-2H3. The van der Waals surface area contributed by atoms with E-state index in [1.807, 2.05) is 0 Å². The van der Waals surface area contributed by atoms with E-state index in [1.165, 1.54) is 17.8 Å². The van der Waals surface area contributed by atoms with Crippen LogP contribution in [-0.2, 0) is 10.3 Å². The maximum atomic E-state index is 5.11. The summed E-state index contributed by atoms with van der Waals surface area (Å²) in [5.74, 6) is 5.85. The van der Waals surface area contributed by atoms with Gasteiger partial charge in [0.25, 0.3) is 0 Å². The summed E-state index contributed by atoms with van der Waals surface area (Å²) in [5.41, 5.74) is 1.04. The molecule has 14 heavy (non-hydrogen) atoms. The first kappa shape index (κ1) is 10.1. The summed E-state index contributed by atoms with van der Waals surface area (Å²) >= 11 is 1.77. The molecule has 0 spiro atoms. The van der Waals surface area contributed by atoms with Crippen LogP contribution in [0.2, 0.25) is 0 Å². The Morgan fingerprint density at radius 2 is 2.36 bits per heavy atom. The van der Waals surface area contributed by atoms with Gasteiger partial charge in [0.05, 0.1) is 17.3 Å².